The molecule has 1 aliphatic carbocycles. The Bertz CT molecular complexity index is 1700. The number of carbonyl (C=O) groups is 7. The minimum Gasteiger partial charge on any atom is -0.449 e. The molecule has 2 aromatic rings. The van der Waals surface area contributed by atoms with Crippen LogP contribution in [-0.4, -0.2) is 108 Å². The Morgan fingerprint density at radius 1 is 0.879 bits per heavy atom. The summed E-state index contributed by atoms with van der Waals surface area (Å²) in [5.74, 6) is -3.39. The maximum absolute atomic E-state index is 14.6. The molecule has 5 unspecified atom stereocenters. The van der Waals surface area contributed by atoms with Gasteiger partial charge in [-0.25, -0.2) is 4.79 Å². The van der Waals surface area contributed by atoms with Crippen molar-refractivity contribution in [3.8, 4) is 0 Å². The van der Waals surface area contributed by atoms with Crippen molar-refractivity contribution in [1.29, 1.82) is 0 Å². The van der Waals surface area contributed by atoms with Crippen molar-refractivity contribution in [2.45, 2.75) is 107 Å². The number of Topliss-reactive ketones (excluding diaryl/α,β-unsaturated/α-hetero) is 1. The average Bonchev–Trinajstić information content (AvgIpc) is 3.67. The summed E-state index contributed by atoms with van der Waals surface area (Å²) in [7, 11) is 3.13. The number of carbonyl (C=O) groups excluding carboxylic acids is 7. The van der Waals surface area contributed by atoms with Gasteiger partial charge in [0.15, 0.2) is 0 Å². The third-order valence-electron chi connectivity index (χ3n) is 10.4. The number of hydrogen-bond donors (Lipinski definition) is 4. The first-order valence-corrected chi connectivity index (χ1v) is 21.4. The smallest absolute Gasteiger partial charge is 0.407 e. The molecule has 2 aromatic carbocycles. The zero-order valence-electron chi connectivity index (χ0n) is 34.4. The first-order valence-electron chi connectivity index (χ1n) is 20.4. The number of hydrogen-bond acceptors (Lipinski definition) is 9. The molecule has 58 heavy (non-hydrogen) atoms. The molecule has 6 amide bonds. The van der Waals surface area contributed by atoms with Crippen LogP contribution in [0.1, 0.15) is 89.3 Å². The molecule has 1 saturated heterocycles. The molecule has 5 atom stereocenters. The molecular weight excluding hydrogens is 761 g/mol. The number of likely N-dealkylation sites (N-methyl/N-ethyl adjacent to an activating group) is 1. The summed E-state index contributed by atoms with van der Waals surface area (Å²) < 4.78 is 5.42. The minimum atomic E-state index is -1.22. The van der Waals surface area contributed by atoms with Gasteiger partial charge in [-0.05, 0) is 48.6 Å². The van der Waals surface area contributed by atoms with E-state index in [1.54, 1.807) is 56.2 Å². The van der Waals surface area contributed by atoms with Crippen molar-refractivity contribution >= 4 is 53.2 Å². The molecule has 316 valence electrons. The van der Waals surface area contributed by atoms with Gasteiger partial charge in [0, 0.05) is 31.6 Å². The van der Waals surface area contributed by atoms with Crippen LogP contribution in [0, 0.1) is 11.8 Å². The van der Waals surface area contributed by atoms with Crippen LogP contribution in [0.25, 0.3) is 0 Å². The lowest BCUT2D eigenvalue weighted by Gasteiger charge is -2.34. The van der Waals surface area contributed by atoms with E-state index in [2.05, 4.69) is 21.3 Å². The molecule has 14 nitrogen and oxygen atoms in total. The van der Waals surface area contributed by atoms with Gasteiger partial charge < -0.3 is 35.8 Å². The summed E-state index contributed by atoms with van der Waals surface area (Å²) in [6, 6.07) is 14.4. The zero-order chi connectivity index (χ0) is 42.2. The summed E-state index contributed by atoms with van der Waals surface area (Å²) in [5.41, 5.74) is 1.65. The van der Waals surface area contributed by atoms with Gasteiger partial charge in [-0.1, -0.05) is 107 Å². The van der Waals surface area contributed by atoms with Gasteiger partial charge in [0.1, 0.15) is 18.1 Å². The summed E-state index contributed by atoms with van der Waals surface area (Å²) >= 11 is 1.63. The van der Waals surface area contributed by atoms with E-state index < -0.39 is 60.3 Å². The molecule has 15 heteroatoms. The molecule has 1 saturated carbocycles. The van der Waals surface area contributed by atoms with Gasteiger partial charge >= 0.3 is 6.09 Å². The van der Waals surface area contributed by atoms with Crippen LogP contribution in [0.2, 0.25) is 0 Å². The Morgan fingerprint density at radius 3 is 2.16 bits per heavy atom. The number of thioether (sulfide) groups is 1. The second kappa shape index (κ2) is 22.9. The van der Waals surface area contributed by atoms with Crippen molar-refractivity contribution in [3.05, 3.63) is 71.8 Å². The number of ketones is 1. The van der Waals surface area contributed by atoms with Crippen LogP contribution in [-0.2, 0) is 39.3 Å². The van der Waals surface area contributed by atoms with Gasteiger partial charge in [0.25, 0.3) is 5.91 Å². The Labute approximate surface area is 346 Å². The highest BCUT2D eigenvalue weighted by molar-refractivity contribution is 7.99. The standard InChI is InChI=1S/C43H60N6O8S/c1-6-16-33(38(51)40(53)44-24-35(50)46-36(41(54)48(4)5)30-19-12-8-13-20-30)45-39(52)34-23-32(58-27-29-17-10-7-11-18-29)25-49(34)42(55)37(31-21-14-9-15-22-31)47-43(56)57-26-28(2)3/h7-8,10-13,17-20,28,31-34,36-37H,6,9,14-16,21-27H2,1-5H3,(H,44,53)(H,45,52)(H,46,50)(H,47,56). The molecule has 4 N–H and O–H groups in total. The summed E-state index contributed by atoms with van der Waals surface area (Å²) in [6.07, 6.45) is 4.58. The van der Waals surface area contributed by atoms with Gasteiger partial charge in [0.2, 0.25) is 29.4 Å². The van der Waals surface area contributed by atoms with E-state index in [1.807, 2.05) is 51.1 Å². The maximum atomic E-state index is 14.6. The average molecular weight is 821 g/mol. The molecule has 0 spiro atoms. The van der Waals surface area contributed by atoms with Crippen LogP contribution >= 0.6 is 11.8 Å². The van der Waals surface area contributed by atoms with Crippen molar-refractivity contribution in [1.82, 2.24) is 31.1 Å². The van der Waals surface area contributed by atoms with Crippen molar-refractivity contribution < 1.29 is 38.3 Å². The second-order valence-electron chi connectivity index (χ2n) is 15.7. The van der Waals surface area contributed by atoms with Crippen LogP contribution in [0.3, 0.4) is 0 Å². The van der Waals surface area contributed by atoms with E-state index >= 15 is 0 Å². The number of benzene rings is 2. The highest BCUT2D eigenvalue weighted by Gasteiger charge is 2.45. The number of nitrogens with one attached hydrogen (secondary N) is 4. The van der Waals surface area contributed by atoms with Crippen LogP contribution < -0.4 is 21.3 Å². The van der Waals surface area contributed by atoms with E-state index in [9.17, 15) is 33.6 Å². The molecule has 4 rings (SSSR count). The monoisotopic (exact) mass is 820 g/mol. The number of nitrogens with zero attached hydrogens (tertiary/aromatic N) is 2. The number of ether oxygens (including phenoxy) is 1. The summed E-state index contributed by atoms with van der Waals surface area (Å²) in [5, 5.41) is 10.5. The van der Waals surface area contributed by atoms with E-state index in [4.69, 9.17) is 4.74 Å². The van der Waals surface area contributed by atoms with Crippen molar-refractivity contribution in [2.24, 2.45) is 11.8 Å². The Morgan fingerprint density at radius 2 is 1.53 bits per heavy atom. The molecule has 1 heterocycles. The molecule has 2 aliphatic rings. The lowest BCUT2D eigenvalue weighted by atomic mass is 9.83. The fraction of sp³-hybridized carbons (Fsp3) is 0.558. The first-order chi connectivity index (χ1) is 27.8. The summed E-state index contributed by atoms with van der Waals surface area (Å²) in [4.78, 5) is 97.2. The molecule has 1 aliphatic heterocycles. The molecule has 2 fully saturated rings. The predicted octanol–water partition coefficient (Wildman–Crippen LogP) is 4.14. The first kappa shape index (κ1) is 45.8. The number of likely N-dealkylation sites (tertiary alicyclic amines) is 1. The fourth-order valence-corrected chi connectivity index (χ4v) is 8.48. The highest BCUT2D eigenvalue weighted by atomic mass is 32.2. The number of amides is 6. The number of rotatable bonds is 19. The molecule has 0 aromatic heterocycles. The van der Waals surface area contributed by atoms with E-state index in [1.165, 1.54) is 9.80 Å². The SMILES string of the molecule is CCCC(NC(=O)C1CC(SCc2ccccc2)CN1C(=O)C(NC(=O)OCC(C)C)C1CCCCC1)C(=O)C(=O)NCC(=O)NC(C(=O)N(C)C)c1ccccc1. The topological polar surface area (TPSA) is 183 Å². The lowest BCUT2D eigenvalue weighted by molar-refractivity contribution is -0.143. The van der Waals surface area contributed by atoms with Gasteiger partial charge in [-0.3, -0.25) is 28.8 Å². The van der Waals surface area contributed by atoms with Crippen molar-refractivity contribution in [2.75, 3.05) is 33.8 Å². The normalized spacial score (nSPS) is 18.3. The Balaban J connectivity index is 1.48. The van der Waals surface area contributed by atoms with Crippen LogP contribution in [0.5, 0.6) is 0 Å². The number of alkyl carbamates (subject to hydrolysis) is 1. The van der Waals surface area contributed by atoms with E-state index in [0.717, 1.165) is 37.7 Å². The Kier molecular flexibility index (Phi) is 18.1. The van der Waals surface area contributed by atoms with E-state index in [-0.39, 0.29) is 48.5 Å². The third kappa shape index (κ3) is 13.6. The highest BCUT2D eigenvalue weighted by Crippen LogP contribution is 2.33. The van der Waals surface area contributed by atoms with Gasteiger partial charge in [-0.15, -0.1) is 0 Å². The maximum Gasteiger partial charge on any atom is 0.407 e. The van der Waals surface area contributed by atoms with Gasteiger partial charge in [-0.2, -0.15) is 11.8 Å². The lowest BCUT2D eigenvalue weighted by Crippen LogP contribution is -2.58. The molecule has 0 bridgehead atoms. The quantitative estimate of drug-likeness (QED) is 0.152. The Hall–Kier alpha value is -4.92. The van der Waals surface area contributed by atoms with E-state index in [0.29, 0.717) is 24.2 Å². The largest absolute Gasteiger partial charge is 0.449 e. The van der Waals surface area contributed by atoms with Crippen LogP contribution in [0.15, 0.2) is 60.7 Å². The minimum absolute atomic E-state index is 0.104. The van der Waals surface area contributed by atoms with Gasteiger partial charge in [0.05, 0.1) is 19.2 Å². The predicted molar refractivity (Wildman–Crippen MR) is 222 cm³/mol. The summed E-state index contributed by atoms with van der Waals surface area (Å²) in [6.45, 7) is 5.52. The second-order valence-corrected chi connectivity index (χ2v) is 17.0. The zero-order valence-corrected chi connectivity index (χ0v) is 35.2. The van der Waals surface area contributed by atoms with Crippen LogP contribution in [0.4, 0.5) is 4.79 Å². The third-order valence-corrected chi connectivity index (χ3v) is 11.7. The molecular formula is C43H60N6O8S. The molecule has 0 radical (unpaired) electrons. The fourth-order valence-electron chi connectivity index (χ4n) is 7.27. The van der Waals surface area contributed by atoms with Crippen molar-refractivity contribution in [3.63, 3.8) is 0 Å².